The lowest BCUT2D eigenvalue weighted by molar-refractivity contribution is -0.134. The molecule has 1 fully saturated rings. The van der Waals surface area contributed by atoms with E-state index in [0.29, 0.717) is 24.0 Å². The van der Waals surface area contributed by atoms with Crippen molar-refractivity contribution < 1.29 is 14.3 Å². The van der Waals surface area contributed by atoms with Crippen LogP contribution in [-0.4, -0.2) is 44.2 Å². The van der Waals surface area contributed by atoms with Gasteiger partial charge in [-0.15, -0.1) is 0 Å². The van der Waals surface area contributed by atoms with Crippen LogP contribution >= 0.6 is 0 Å². The molecule has 0 bridgehead atoms. The second kappa shape index (κ2) is 8.58. The first-order chi connectivity index (χ1) is 11.2. The number of likely N-dealkylation sites (tertiary alicyclic amines) is 1. The van der Waals surface area contributed by atoms with Crippen LogP contribution < -0.4 is 15.2 Å². The van der Waals surface area contributed by atoms with Crippen molar-refractivity contribution in [2.45, 2.75) is 19.8 Å². The van der Waals surface area contributed by atoms with Crippen LogP contribution in [0.1, 0.15) is 25.3 Å². The summed E-state index contributed by atoms with van der Waals surface area (Å²) in [6, 6.07) is 5.67. The van der Waals surface area contributed by atoms with Crippen molar-refractivity contribution in [3.63, 3.8) is 0 Å². The number of hydrogen-bond donors (Lipinski definition) is 1. The number of benzene rings is 1. The molecule has 0 unspecified atom stereocenters. The average Bonchev–Trinajstić information content (AvgIpc) is 2.60. The molecule has 126 valence electrons. The third-order valence-electron chi connectivity index (χ3n) is 4.20. The number of piperidine rings is 1. The van der Waals surface area contributed by atoms with Crippen molar-refractivity contribution in [3.8, 4) is 11.5 Å². The first-order valence-electron chi connectivity index (χ1n) is 8.09. The molecule has 0 atom stereocenters. The maximum absolute atomic E-state index is 12.3. The second-order valence-corrected chi connectivity index (χ2v) is 5.76. The Morgan fingerprint density at radius 1 is 1.35 bits per heavy atom. The summed E-state index contributed by atoms with van der Waals surface area (Å²) < 4.78 is 11.0. The first kappa shape index (κ1) is 17.3. The molecule has 1 saturated heterocycles. The van der Waals surface area contributed by atoms with Crippen molar-refractivity contribution in [1.82, 2.24) is 4.90 Å². The number of amides is 1. The SMILES string of the molecule is C/C=C/c1ccc(OCC(=O)N2CCC(CN)CC2)c(OC)c1. The lowest BCUT2D eigenvalue weighted by atomic mass is 9.97. The molecule has 5 heteroatoms. The normalized spacial score (nSPS) is 15.9. The van der Waals surface area contributed by atoms with Crippen molar-refractivity contribution >= 4 is 12.0 Å². The van der Waals surface area contributed by atoms with Gasteiger partial charge in [0, 0.05) is 13.1 Å². The van der Waals surface area contributed by atoms with Crippen LogP contribution in [0.5, 0.6) is 11.5 Å². The highest BCUT2D eigenvalue weighted by molar-refractivity contribution is 5.78. The summed E-state index contributed by atoms with van der Waals surface area (Å²) in [5.74, 6) is 1.78. The fourth-order valence-corrected chi connectivity index (χ4v) is 2.75. The van der Waals surface area contributed by atoms with Crippen molar-refractivity contribution in [2.75, 3.05) is 33.4 Å². The minimum absolute atomic E-state index is 0.0139. The van der Waals surface area contributed by atoms with Crippen LogP contribution in [0, 0.1) is 5.92 Å². The Bertz CT molecular complexity index is 549. The van der Waals surface area contributed by atoms with E-state index in [1.54, 1.807) is 7.11 Å². The third-order valence-corrected chi connectivity index (χ3v) is 4.20. The number of carbonyl (C=O) groups excluding carboxylic acids is 1. The van der Waals surface area contributed by atoms with Gasteiger partial charge in [0.15, 0.2) is 18.1 Å². The van der Waals surface area contributed by atoms with Crippen LogP contribution in [0.25, 0.3) is 6.08 Å². The van der Waals surface area contributed by atoms with E-state index in [4.69, 9.17) is 15.2 Å². The van der Waals surface area contributed by atoms with Gasteiger partial charge in [-0.25, -0.2) is 0 Å². The van der Waals surface area contributed by atoms with Gasteiger partial charge in [-0.3, -0.25) is 4.79 Å². The molecule has 5 nitrogen and oxygen atoms in total. The molecule has 0 aliphatic carbocycles. The summed E-state index contributed by atoms with van der Waals surface area (Å²) in [4.78, 5) is 14.1. The molecular formula is C18H26N2O3. The highest BCUT2D eigenvalue weighted by atomic mass is 16.5. The van der Waals surface area contributed by atoms with Crippen molar-refractivity contribution in [3.05, 3.63) is 29.8 Å². The highest BCUT2D eigenvalue weighted by Crippen LogP contribution is 2.28. The highest BCUT2D eigenvalue weighted by Gasteiger charge is 2.22. The van der Waals surface area contributed by atoms with Gasteiger partial charge in [-0.05, 0) is 49.9 Å². The van der Waals surface area contributed by atoms with Gasteiger partial charge in [0.1, 0.15) is 0 Å². The number of allylic oxidation sites excluding steroid dienone is 1. The Morgan fingerprint density at radius 2 is 2.09 bits per heavy atom. The van der Waals surface area contributed by atoms with Gasteiger partial charge in [-0.2, -0.15) is 0 Å². The van der Waals surface area contributed by atoms with E-state index in [1.165, 1.54) is 0 Å². The Labute approximate surface area is 138 Å². The Morgan fingerprint density at radius 3 is 2.70 bits per heavy atom. The van der Waals surface area contributed by atoms with E-state index in [9.17, 15) is 4.79 Å². The fourth-order valence-electron chi connectivity index (χ4n) is 2.75. The van der Waals surface area contributed by atoms with E-state index in [1.807, 2.05) is 42.2 Å². The molecule has 0 saturated carbocycles. The van der Waals surface area contributed by atoms with E-state index in [2.05, 4.69) is 0 Å². The largest absolute Gasteiger partial charge is 0.493 e. The summed E-state index contributed by atoms with van der Waals surface area (Å²) in [7, 11) is 1.60. The number of carbonyl (C=O) groups is 1. The molecule has 1 aromatic carbocycles. The van der Waals surface area contributed by atoms with Crippen molar-refractivity contribution in [2.24, 2.45) is 11.7 Å². The van der Waals surface area contributed by atoms with Crippen LogP contribution in [0.15, 0.2) is 24.3 Å². The molecule has 23 heavy (non-hydrogen) atoms. The zero-order valence-corrected chi connectivity index (χ0v) is 14.0. The standard InChI is InChI=1S/C18H26N2O3/c1-3-4-14-5-6-16(17(11-14)22-2)23-13-18(21)20-9-7-15(12-19)8-10-20/h3-6,11,15H,7-10,12-13,19H2,1-2H3/b4-3+. The van der Waals surface area contributed by atoms with E-state index in [-0.39, 0.29) is 12.5 Å². The molecule has 1 aromatic rings. The molecule has 0 radical (unpaired) electrons. The zero-order valence-electron chi connectivity index (χ0n) is 14.0. The average molecular weight is 318 g/mol. The minimum Gasteiger partial charge on any atom is -0.493 e. The maximum atomic E-state index is 12.3. The number of methoxy groups -OCH3 is 1. The fraction of sp³-hybridized carbons (Fsp3) is 0.500. The Balaban J connectivity index is 1.91. The smallest absolute Gasteiger partial charge is 0.260 e. The van der Waals surface area contributed by atoms with Crippen molar-refractivity contribution in [1.29, 1.82) is 0 Å². The second-order valence-electron chi connectivity index (χ2n) is 5.76. The topological polar surface area (TPSA) is 64.8 Å². The lowest BCUT2D eigenvalue weighted by Crippen LogP contribution is -2.42. The molecular weight excluding hydrogens is 292 g/mol. The lowest BCUT2D eigenvalue weighted by Gasteiger charge is -2.31. The Hall–Kier alpha value is -2.01. The van der Waals surface area contributed by atoms with E-state index in [0.717, 1.165) is 31.5 Å². The minimum atomic E-state index is 0.0139. The molecule has 1 aliphatic rings. The van der Waals surface area contributed by atoms with Crippen LogP contribution in [0.3, 0.4) is 0 Å². The Kier molecular flexibility index (Phi) is 6.47. The van der Waals surface area contributed by atoms with Gasteiger partial charge in [0.25, 0.3) is 5.91 Å². The van der Waals surface area contributed by atoms with Crippen LogP contribution in [0.2, 0.25) is 0 Å². The number of rotatable bonds is 6. The summed E-state index contributed by atoms with van der Waals surface area (Å²) >= 11 is 0. The predicted molar refractivity (Wildman–Crippen MR) is 91.6 cm³/mol. The maximum Gasteiger partial charge on any atom is 0.260 e. The third kappa shape index (κ3) is 4.73. The number of hydrogen-bond acceptors (Lipinski definition) is 4. The van der Waals surface area contributed by atoms with Gasteiger partial charge < -0.3 is 20.1 Å². The van der Waals surface area contributed by atoms with Crippen LogP contribution in [-0.2, 0) is 4.79 Å². The van der Waals surface area contributed by atoms with Gasteiger partial charge in [0.2, 0.25) is 0 Å². The summed E-state index contributed by atoms with van der Waals surface area (Å²) in [6.45, 7) is 4.23. The number of ether oxygens (including phenoxy) is 2. The first-order valence-corrected chi connectivity index (χ1v) is 8.09. The number of nitrogens with two attached hydrogens (primary N) is 1. The monoisotopic (exact) mass is 318 g/mol. The predicted octanol–water partition coefficient (Wildman–Crippen LogP) is 2.30. The van der Waals surface area contributed by atoms with Gasteiger partial charge in [-0.1, -0.05) is 18.2 Å². The molecule has 0 aromatic heterocycles. The summed E-state index contributed by atoms with van der Waals surface area (Å²) in [5.41, 5.74) is 6.71. The quantitative estimate of drug-likeness (QED) is 0.874. The molecule has 2 N–H and O–H groups in total. The molecule has 2 rings (SSSR count). The van der Waals surface area contributed by atoms with Gasteiger partial charge >= 0.3 is 0 Å². The molecule has 1 aliphatic heterocycles. The van der Waals surface area contributed by atoms with Gasteiger partial charge in [0.05, 0.1) is 7.11 Å². The van der Waals surface area contributed by atoms with E-state index >= 15 is 0 Å². The summed E-state index contributed by atoms with van der Waals surface area (Å²) in [6.07, 6.45) is 5.90. The number of nitrogens with zero attached hydrogens (tertiary/aromatic N) is 1. The molecule has 1 amide bonds. The van der Waals surface area contributed by atoms with E-state index < -0.39 is 0 Å². The molecule has 1 heterocycles. The zero-order chi connectivity index (χ0) is 16.7. The molecule has 0 spiro atoms. The van der Waals surface area contributed by atoms with Crippen LogP contribution in [0.4, 0.5) is 0 Å². The summed E-state index contributed by atoms with van der Waals surface area (Å²) in [5, 5.41) is 0.